The van der Waals surface area contributed by atoms with E-state index in [4.69, 9.17) is 0 Å². The van der Waals surface area contributed by atoms with E-state index in [2.05, 4.69) is 10.1 Å². The third kappa shape index (κ3) is 2.94. The van der Waals surface area contributed by atoms with Crippen LogP contribution in [0.2, 0.25) is 0 Å². The Balaban J connectivity index is 1.83. The number of imide groups is 1. The van der Waals surface area contributed by atoms with Crippen LogP contribution in [0.15, 0.2) is 24.3 Å². The summed E-state index contributed by atoms with van der Waals surface area (Å²) >= 11 is 0. The molecule has 120 valence electrons. The predicted octanol–water partition coefficient (Wildman–Crippen LogP) is 0.493. The molecule has 1 aliphatic heterocycles. The van der Waals surface area contributed by atoms with Crippen molar-refractivity contribution in [3.05, 3.63) is 35.4 Å². The molecule has 1 atom stereocenters. The van der Waals surface area contributed by atoms with Crippen molar-refractivity contribution >= 4 is 23.7 Å². The minimum atomic E-state index is -0.747. The third-order valence-corrected chi connectivity index (χ3v) is 4.01. The van der Waals surface area contributed by atoms with Crippen LogP contribution in [-0.4, -0.2) is 47.8 Å². The lowest BCUT2D eigenvalue weighted by atomic mass is 10.1. The van der Waals surface area contributed by atoms with Gasteiger partial charge in [0.05, 0.1) is 19.1 Å². The van der Waals surface area contributed by atoms with Gasteiger partial charge in [-0.1, -0.05) is 0 Å². The molecule has 7 heteroatoms. The van der Waals surface area contributed by atoms with Gasteiger partial charge in [-0.05, 0) is 37.1 Å². The molecule has 7 nitrogen and oxygen atoms in total. The molecule has 1 aliphatic carbocycles. The Kier molecular flexibility index (Phi) is 3.85. The van der Waals surface area contributed by atoms with Gasteiger partial charge in [-0.2, -0.15) is 0 Å². The maximum absolute atomic E-state index is 12.7. The molecule has 1 heterocycles. The van der Waals surface area contributed by atoms with Crippen molar-refractivity contribution in [3.63, 3.8) is 0 Å². The van der Waals surface area contributed by atoms with Gasteiger partial charge in [0.25, 0.3) is 5.91 Å². The topological polar surface area (TPSA) is 92.8 Å². The fraction of sp³-hybridized carbons (Fsp3) is 0.375. The molecule has 1 saturated carbocycles. The molecular weight excluding hydrogens is 300 g/mol. The van der Waals surface area contributed by atoms with Gasteiger partial charge in [0.1, 0.15) is 6.04 Å². The van der Waals surface area contributed by atoms with Crippen LogP contribution in [0, 0.1) is 0 Å². The highest BCUT2D eigenvalue weighted by atomic mass is 16.5. The number of hydrogen-bond donors (Lipinski definition) is 1. The summed E-state index contributed by atoms with van der Waals surface area (Å²) in [6, 6.07) is 5.30. The maximum Gasteiger partial charge on any atom is 0.337 e. The second-order valence-corrected chi connectivity index (χ2v) is 5.64. The summed E-state index contributed by atoms with van der Waals surface area (Å²) in [5.41, 5.74) is 0.715. The average Bonchev–Trinajstić information content (AvgIpc) is 3.32. The molecule has 0 radical (unpaired) electrons. The Morgan fingerprint density at radius 3 is 2.22 bits per heavy atom. The van der Waals surface area contributed by atoms with Gasteiger partial charge in [0, 0.05) is 11.6 Å². The molecule has 1 aromatic rings. The first kappa shape index (κ1) is 15.2. The molecule has 1 aromatic carbocycles. The number of amides is 3. The Morgan fingerprint density at radius 1 is 1.13 bits per heavy atom. The van der Waals surface area contributed by atoms with E-state index in [-0.39, 0.29) is 24.3 Å². The van der Waals surface area contributed by atoms with Crippen LogP contribution in [0.5, 0.6) is 0 Å². The lowest BCUT2D eigenvalue weighted by Crippen LogP contribution is -2.45. The summed E-state index contributed by atoms with van der Waals surface area (Å²) in [5.74, 6) is -1.58. The number of ether oxygens (including phenoxy) is 1. The Hall–Kier alpha value is -2.70. The van der Waals surface area contributed by atoms with E-state index >= 15 is 0 Å². The Bertz CT molecular complexity index is 678. The maximum atomic E-state index is 12.7. The van der Waals surface area contributed by atoms with Crippen LogP contribution in [0.1, 0.15) is 40.0 Å². The van der Waals surface area contributed by atoms with Gasteiger partial charge in [-0.3, -0.25) is 19.7 Å². The van der Waals surface area contributed by atoms with Gasteiger partial charge in [0.2, 0.25) is 11.8 Å². The van der Waals surface area contributed by atoms with Crippen molar-refractivity contribution in [1.29, 1.82) is 0 Å². The minimum Gasteiger partial charge on any atom is -0.465 e. The molecule has 3 amide bonds. The number of methoxy groups -OCH3 is 1. The molecule has 3 rings (SSSR count). The first-order valence-electron chi connectivity index (χ1n) is 7.36. The molecule has 1 N–H and O–H groups in total. The van der Waals surface area contributed by atoms with Crippen molar-refractivity contribution in [2.75, 3.05) is 7.11 Å². The number of rotatable bonds is 4. The molecule has 0 unspecified atom stereocenters. The van der Waals surface area contributed by atoms with Crippen molar-refractivity contribution in [3.8, 4) is 0 Å². The summed E-state index contributed by atoms with van der Waals surface area (Å²) in [6.07, 6.45) is 1.65. The normalized spacial score (nSPS) is 20.1. The highest BCUT2D eigenvalue weighted by molar-refractivity contribution is 6.08. The average molecular weight is 316 g/mol. The van der Waals surface area contributed by atoms with Gasteiger partial charge in [-0.15, -0.1) is 0 Å². The van der Waals surface area contributed by atoms with E-state index in [1.54, 1.807) is 0 Å². The van der Waals surface area contributed by atoms with E-state index < -0.39 is 17.9 Å². The van der Waals surface area contributed by atoms with Crippen LogP contribution in [0.3, 0.4) is 0 Å². The Morgan fingerprint density at radius 2 is 1.74 bits per heavy atom. The van der Waals surface area contributed by atoms with E-state index in [1.807, 2.05) is 0 Å². The lowest BCUT2D eigenvalue weighted by Gasteiger charge is -2.26. The highest BCUT2D eigenvalue weighted by Gasteiger charge is 2.44. The molecule has 0 aromatic heterocycles. The SMILES string of the molecule is COC(=O)c1ccc(C(=O)N(C2CC2)[C@H]2CC(=O)NC2=O)cc1. The van der Waals surface area contributed by atoms with Crippen molar-refractivity contribution in [2.45, 2.75) is 31.3 Å². The zero-order valence-electron chi connectivity index (χ0n) is 12.6. The summed E-state index contributed by atoms with van der Waals surface area (Å²) < 4.78 is 4.61. The van der Waals surface area contributed by atoms with Crippen LogP contribution >= 0.6 is 0 Å². The summed E-state index contributed by atoms with van der Waals surface area (Å²) in [5, 5.41) is 2.24. The van der Waals surface area contributed by atoms with E-state index in [9.17, 15) is 19.2 Å². The van der Waals surface area contributed by atoms with E-state index in [0.717, 1.165) is 12.8 Å². The second kappa shape index (κ2) is 5.83. The van der Waals surface area contributed by atoms with Crippen LogP contribution in [0.4, 0.5) is 0 Å². The van der Waals surface area contributed by atoms with Crippen LogP contribution < -0.4 is 5.32 Å². The first-order valence-corrected chi connectivity index (χ1v) is 7.36. The fourth-order valence-corrected chi connectivity index (χ4v) is 2.70. The molecule has 2 aliphatic rings. The number of esters is 1. The number of nitrogens with zero attached hydrogens (tertiary/aromatic N) is 1. The van der Waals surface area contributed by atoms with E-state index in [1.165, 1.54) is 36.3 Å². The van der Waals surface area contributed by atoms with Crippen molar-refractivity contribution < 1.29 is 23.9 Å². The summed E-state index contributed by atoms with van der Waals surface area (Å²) in [6.45, 7) is 0. The van der Waals surface area contributed by atoms with Crippen molar-refractivity contribution in [1.82, 2.24) is 10.2 Å². The molecule has 0 bridgehead atoms. The number of carbonyl (C=O) groups is 4. The number of nitrogens with one attached hydrogen (secondary N) is 1. The fourth-order valence-electron chi connectivity index (χ4n) is 2.70. The zero-order chi connectivity index (χ0) is 16.6. The summed E-state index contributed by atoms with van der Waals surface area (Å²) in [4.78, 5) is 48.9. The standard InChI is InChI=1S/C16H16N2O5/c1-23-16(22)10-4-2-9(3-5-10)15(21)18(11-6-7-11)12-8-13(19)17-14(12)20/h2-5,11-12H,6-8H2,1H3,(H,17,19,20)/t12-/m0/s1. The third-order valence-electron chi connectivity index (χ3n) is 4.01. The monoisotopic (exact) mass is 316 g/mol. The minimum absolute atomic E-state index is 0.00131. The summed E-state index contributed by atoms with van der Waals surface area (Å²) in [7, 11) is 1.28. The molecule has 0 spiro atoms. The quantitative estimate of drug-likeness (QED) is 0.645. The smallest absolute Gasteiger partial charge is 0.337 e. The van der Waals surface area contributed by atoms with Gasteiger partial charge in [0.15, 0.2) is 0 Å². The number of hydrogen-bond acceptors (Lipinski definition) is 5. The zero-order valence-corrected chi connectivity index (χ0v) is 12.6. The van der Waals surface area contributed by atoms with Crippen LogP contribution in [0.25, 0.3) is 0 Å². The van der Waals surface area contributed by atoms with Gasteiger partial charge < -0.3 is 9.64 Å². The van der Waals surface area contributed by atoms with Gasteiger partial charge in [-0.25, -0.2) is 4.79 Å². The van der Waals surface area contributed by atoms with E-state index in [0.29, 0.717) is 11.1 Å². The predicted molar refractivity (Wildman–Crippen MR) is 78.5 cm³/mol. The van der Waals surface area contributed by atoms with Crippen molar-refractivity contribution in [2.24, 2.45) is 0 Å². The Labute approximate surface area is 132 Å². The number of benzene rings is 1. The van der Waals surface area contributed by atoms with Crippen LogP contribution in [-0.2, 0) is 14.3 Å². The second-order valence-electron chi connectivity index (χ2n) is 5.64. The number of carbonyl (C=O) groups excluding carboxylic acids is 4. The van der Waals surface area contributed by atoms with Gasteiger partial charge >= 0.3 is 5.97 Å². The lowest BCUT2D eigenvalue weighted by molar-refractivity contribution is -0.126. The molecular formula is C16H16N2O5. The molecule has 23 heavy (non-hydrogen) atoms. The highest BCUT2D eigenvalue weighted by Crippen LogP contribution is 2.32. The largest absolute Gasteiger partial charge is 0.465 e. The first-order chi connectivity index (χ1) is 11.0. The molecule has 2 fully saturated rings. The molecule has 1 saturated heterocycles.